The molecule has 0 saturated carbocycles. The van der Waals surface area contributed by atoms with E-state index in [0.717, 1.165) is 19.2 Å². The Labute approximate surface area is 183 Å². The minimum Gasteiger partial charge on any atom is -0.494 e. The SMILES string of the molecule is CCN(CC)CC(C)Nc1ccc(N=Cc2c(O)[nH]c3cc(F)ccc23)cc1C(F)(F)F. The van der Waals surface area contributed by atoms with Gasteiger partial charge in [-0.2, -0.15) is 13.2 Å². The second-order valence-electron chi connectivity index (χ2n) is 7.59. The number of nitrogens with zero attached hydrogens (tertiary/aromatic N) is 2. The summed E-state index contributed by atoms with van der Waals surface area (Å²) in [5.74, 6) is -0.718. The predicted molar refractivity (Wildman–Crippen MR) is 119 cm³/mol. The molecule has 9 heteroatoms. The van der Waals surface area contributed by atoms with Crippen LogP contribution in [-0.4, -0.2) is 46.9 Å². The number of aromatic amines is 1. The van der Waals surface area contributed by atoms with Gasteiger partial charge in [0.25, 0.3) is 0 Å². The van der Waals surface area contributed by atoms with Crippen LogP contribution in [0.15, 0.2) is 41.4 Å². The number of H-pyrrole nitrogens is 1. The van der Waals surface area contributed by atoms with Crippen LogP contribution in [0, 0.1) is 5.82 Å². The van der Waals surface area contributed by atoms with Crippen molar-refractivity contribution in [3.8, 4) is 5.88 Å². The lowest BCUT2D eigenvalue weighted by molar-refractivity contribution is -0.136. The van der Waals surface area contributed by atoms with Crippen molar-refractivity contribution in [2.45, 2.75) is 33.0 Å². The largest absolute Gasteiger partial charge is 0.494 e. The molecule has 3 N–H and O–H groups in total. The summed E-state index contributed by atoms with van der Waals surface area (Å²) in [6.45, 7) is 8.10. The summed E-state index contributed by atoms with van der Waals surface area (Å²) in [4.78, 5) is 8.87. The van der Waals surface area contributed by atoms with Gasteiger partial charge >= 0.3 is 6.18 Å². The molecular weight excluding hydrogens is 424 g/mol. The van der Waals surface area contributed by atoms with E-state index in [-0.39, 0.29) is 28.9 Å². The van der Waals surface area contributed by atoms with Crippen LogP contribution in [0.25, 0.3) is 10.9 Å². The van der Waals surface area contributed by atoms with Crippen molar-refractivity contribution in [1.29, 1.82) is 0 Å². The minimum atomic E-state index is -4.57. The molecule has 0 bridgehead atoms. The zero-order valence-corrected chi connectivity index (χ0v) is 18.1. The third kappa shape index (κ3) is 5.40. The highest BCUT2D eigenvalue weighted by molar-refractivity contribution is 6.02. The van der Waals surface area contributed by atoms with Crippen LogP contribution >= 0.6 is 0 Å². The summed E-state index contributed by atoms with van der Waals surface area (Å²) >= 11 is 0. The van der Waals surface area contributed by atoms with Crippen molar-refractivity contribution in [1.82, 2.24) is 9.88 Å². The molecule has 0 aliphatic rings. The number of aliphatic imine (C=N–C) groups is 1. The zero-order valence-electron chi connectivity index (χ0n) is 18.1. The summed E-state index contributed by atoms with van der Waals surface area (Å²) in [7, 11) is 0. The van der Waals surface area contributed by atoms with E-state index in [9.17, 15) is 22.7 Å². The van der Waals surface area contributed by atoms with E-state index in [0.29, 0.717) is 17.4 Å². The van der Waals surface area contributed by atoms with Gasteiger partial charge in [0.05, 0.1) is 22.3 Å². The Hall–Kier alpha value is -3.07. The number of anilines is 1. The van der Waals surface area contributed by atoms with Gasteiger partial charge in [-0.3, -0.25) is 4.99 Å². The van der Waals surface area contributed by atoms with Crippen molar-refractivity contribution in [2.75, 3.05) is 25.0 Å². The lowest BCUT2D eigenvalue weighted by Gasteiger charge is -2.25. The van der Waals surface area contributed by atoms with Crippen molar-refractivity contribution >= 4 is 28.5 Å². The molecule has 0 spiro atoms. The van der Waals surface area contributed by atoms with E-state index in [1.54, 1.807) is 0 Å². The zero-order chi connectivity index (χ0) is 23.5. The molecule has 3 aromatic rings. The van der Waals surface area contributed by atoms with Crippen molar-refractivity contribution in [3.63, 3.8) is 0 Å². The van der Waals surface area contributed by atoms with Crippen LogP contribution < -0.4 is 5.32 Å². The quantitative estimate of drug-likeness (QED) is 0.295. The molecule has 1 aromatic heterocycles. The molecule has 5 nitrogen and oxygen atoms in total. The first-order chi connectivity index (χ1) is 15.1. The molecule has 1 atom stereocenters. The number of benzene rings is 2. The Bertz CT molecular complexity index is 1100. The number of nitrogens with one attached hydrogen (secondary N) is 2. The number of rotatable bonds is 8. The Morgan fingerprint density at radius 1 is 1.16 bits per heavy atom. The molecule has 1 heterocycles. The Morgan fingerprint density at radius 2 is 1.88 bits per heavy atom. The van der Waals surface area contributed by atoms with Crippen molar-refractivity contribution < 1.29 is 22.7 Å². The number of aromatic hydroxyl groups is 1. The van der Waals surface area contributed by atoms with E-state index in [4.69, 9.17) is 0 Å². The fourth-order valence-electron chi connectivity index (χ4n) is 3.60. The lowest BCUT2D eigenvalue weighted by Crippen LogP contribution is -2.35. The second kappa shape index (κ2) is 9.60. The third-order valence-electron chi connectivity index (χ3n) is 5.26. The fourth-order valence-corrected chi connectivity index (χ4v) is 3.60. The maximum atomic E-state index is 13.7. The van der Waals surface area contributed by atoms with E-state index in [1.807, 2.05) is 20.8 Å². The Balaban J connectivity index is 1.88. The summed E-state index contributed by atoms with van der Waals surface area (Å²) in [6, 6.07) is 7.53. The molecule has 0 aliphatic carbocycles. The van der Waals surface area contributed by atoms with E-state index < -0.39 is 17.6 Å². The van der Waals surface area contributed by atoms with E-state index in [2.05, 4.69) is 20.2 Å². The van der Waals surface area contributed by atoms with Crippen LogP contribution in [0.4, 0.5) is 28.9 Å². The number of fused-ring (bicyclic) bond motifs is 1. The topological polar surface area (TPSA) is 63.6 Å². The van der Waals surface area contributed by atoms with Crippen LogP contribution in [0.5, 0.6) is 5.88 Å². The second-order valence-corrected chi connectivity index (χ2v) is 7.59. The molecule has 1 unspecified atom stereocenters. The normalized spacial score (nSPS) is 13.4. The molecule has 172 valence electrons. The minimum absolute atomic E-state index is 0.0125. The van der Waals surface area contributed by atoms with Crippen LogP contribution in [0.2, 0.25) is 0 Å². The molecule has 0 saturated heterocycles. The number of alkyl halides is 3. The van der Waals surface area contributed by atoms with Crippen molar-refractivity contribution in [2.24, 2.45) is 4.99 Å². The van der Waals surface area contributed by atoms with E-state index in [1.165, 1.54) is 36.5 Å². The first-order valence-corrected chi connectivity index (χ1v) is 10.4. The van der Waals surface area contributed by atoms with Crippen LogP contribution in [0.1, 0.15) is 31.9 Å². The molecule has 0 radical (unpaired) electrons. The molecule has 0 amide bonds. The standard InChI is InChI=1S/C23H26F4N4O/c1-4-31(5-2)13-14(3)29-20-9-7-16(11-19(20)23(25,26)27)28-12-18-17-8-6-15(24)10-21(17)30-22(18)32/h6-12,14,29-30,32H,4-5,13H2,1-3H3. The predicted octanol–water partition coefficient (Wildman–Crippen LogP) is 5.92. The van der Waals surface area contributed by atoms with Crippen LogP contribution in [-0.2, 0) is 6.18 Å². The number of likely N-dealkylation sites (N-methyl/N-ethyl adjacent to an activating group) is 1. The number of aromatic nitrogens is 1. The number of hydrogen-bond donors (Lipinski definition) is 3. The first-order valence-electron chi connectivity index (χ1n) is 10.4. The molecule has 2 aromatic carbocycles. The van der Waals surface area contributed by atoms with Gasteiger partial charge in [-0.05, 0) is 56.4 Å². The highest BCUT2D eigenvalue weighted by atomic mass is 19.4. The van der Waals surface area contributed by atoms with Crippen molar-refractivity contribution in [3.05, 3.63) is 53.3 Å². The summed E-state index contributed by atoms with van der Waals surface area (Å²) in [6.07, 6.45) is -3.30. The molecule has 3 rings (SSSR count). The van der Waals surface area contributed by atoms with Gasteiger partial charge in [-0.1, -0.05) is 13.8 Å². The van der Waals surface area contributed by atoms with Gasteiger partial charge in [-0.25, -0.2) is 4.39 Å². The summed E-state index contributed by atoms with van der Waals surface area (Å²) in [5.41, 5.74) is -0.120. The number of hydrogen-bond acceptors (Lipinski definition) is 4. The summed E-state index contributed by atoms with van der Waals surface area (Å²) < 4.78 is 54.5. The van der Waals surface area contributed by atoms with Gasteiger partial charge in [0.1, 0.15) is 5.82 Å². The molecule has 32 heavy (non-hydrogen) atoms. The average molecular weight is 450 g/mol. The van der Waals surface area contributed by atoms with Gasteiger partial charge in [0.2, 0.25) is 0 Å². The molecule has 0 aliphatic heterocycles. The van der Waals surface area contributed by atoms with Gasteiger partial charge in [0, 0.05) is 29.9 Å². The molecular formula is C23H26F4N4O. The van der Waals surface area contributed by atoms with Gasteiger partial charge in [-0.15, -0.1) is 0 Å². The Kier molecular flexibility index (Phi) is 7.08. The molecule has 0 fully saturated rings. The summed E-state index contributed by atoms with van der Waals surface area (Å²) in [5, 5.41) is 13.5. The highest BCUT2D eigenvalue weighted by Crippen LogP contribution is 2.37. The Morgan fingerprint density at radius 3 is 2.53 bits per heavy atom. The average Bonchev–Trinajstić information content (AvgIpc) is 3.04. The maximum absolute atomic E-state index is 13.7. The van der Waals surface area contributed by atoms with Gasteiger partial charge in [0.15, 0.2) is 5.88 Å². The smallest absolute Gasteiger partial charge is 0.418 e. The number of halogens is 4. The maximum Gasteiger partial charge on any atom is 0.418 e. The van der Waals surface area contributed by atoms with Crippen LogP contribution in [0.3, 0.4) is 0 Å². The van der Waals surface area contributed by atoms with Gasteiger partial charge < -0.3 is 20.3 Å². The third-order valence-corrected chi connectivity index (χ3v) is 5.26. The first kappa shape index (κ1) is 23.6. The fraction of sp³-hybridized carbons (Fsp3) is 0.348. The monoisotopic (exact) mass is 450 g/mol. The lowest BCUT2D eigenvalue weighted by atomic mass is 10.1. The highest BCUT2D eigenvalue weighted by Gasteiger charge is 2.34. The van der Waals surface area contributed by atoms with E-state index >= 15 is 0 Å².